The smallest absolute Gasteiger partial charge is 0.325 e. The van der Waals surface area contributed by atoms with Gasteiger partial charge in [0, 0.05) is 13.1 Å². The van der Waals surface area contributed by atoms with Gasteiger partial charge < -0.3 is 23.7 Å². The maximum absolute atomic E-state index is 12.2. The molecule has 1 saturated heterocycles. The van der Waals surface area contributed by atoms with E-state index in [9.17, 15) is 4.79 Å². The van der Waals surface area contributed by atoms with Crippen molar-refractivity contribution in [1.29, 1.82) is 0 Å². The number of methoxy groups -OCH3 is 3. The Balaban J connectivity index is 1.55. The summed E-state index contributed by atoms with van der Waals surface area (Å²) in [5.74, 6) is 0.282. The Kier molecular flexibility index (Phi) is 8.35. The van der Waals surface area contributed by atoms with Gasteiger partial charge in [-0.1, -0.05) is 48.5 Å². The monoisotopic (exact) mass is 493 g/mol. The van der Waals surface area contributed by atoms with Crippen molar-refractivity contribution < 1.29 is 28.5 Å². The molecule has 0 saturated carbocycles. The topological polar surface area (TPSA) is 92.2 Å². The van der Waals surface area contributed by atoms with E-state index in [1.807, 2.05) is 35.2 Å². The first kappa shape index (κ1) is 25.4. The molecular formula is C27H31N3O6. The fourth-order valence-corrected chi connectivity index (χ4v) is 4.26. The van der Waals surface area contributed by atoms with E-state index >= 15 is 0 Å². The molecule has 2 aromatic carbocycles. The molecule has 0 N–H and O–H groups in total. The van der Waals surface area contributed by atoms with Gasteiger partial charge in [0.2, 0.25) is 11.8 Å². The van der Waals surface area contributed by atoms with Crippen LogP contribution in [0.3, 0.4) is 0 Å². The number of ether oxygens (including phenoxy) is 5. The lowest BCUT2D eigenvalue weighted by atomic mass is 9.97. The molecule has 1 aromatic heterocycles. The lowest BCUT2D eigenvalue weighted by Crippen LogP contribution is -2.49. The molecule has 0 amide bonds. The largest absolute Gasteiger partial charge is 0.481 e. The van der Waals surface area contributed by atoms with Crippen LogP contribution in [0.1, 0.15) is 16.7 Å². The van der Waals surface area contributed by atoms with Crippen molar-refractivity contribution in [2.75, 3.05) is 41.1 Å². The van der Waals surface area contributed by atoms with Crippen LogP contribution in [0.4, 0.5) is 0 Å². The lowest BCUT2D eigenvalue weighted by Gasteiger charge is -2.33. The summed E-state index contributed by atoms with van der Waals surface area (Å²) in [6.45, 7) is 3.98. The Morgan fingerprint density at radius 3 is 2.42 bits per heavy atom. The molecule has 36 heavy (non-hydrogen) atoms. The minimum atomic E-state index is -0.533. The van der Waals surface area contributed by atoms with E-state index in [2.05, 4.69) is 35.1 Å². The fourth-order valence-electron chi connectivity index (χ4n) is 4.26. The van der Waals surface area contributed by atoms with E-state index in [1.54, 1.807) is 0 Å². The van der Waals surface area contributed by atoms with Gasteiger partial charge >= 0.3 is 12.0 Å². The Morgan fingerprint density at radius 1 is 1.03 bits per heavy atom. The number of hydrogen-bond donors (Lipinski definition) is 0. The van der Waals surface area contributed by atoms with Crippen LogP contribution in [-0.4, -0.2) is 68.0 Å². The molecule has 0 spiro atoms. The number of carbonyl (C=O) groups is 1. The molecule has 190 valence electrons. The second-order valence-corrected chi connectivity index (χ2v) is 8.33. The summed E-state index contributed by atoms with van der Waals surface area (Å²) in [7, 11) is 4.42. The predicted molar refractivity (Wildman–Crippen MR) is 133 cm³/mol. The molecule has 0 unspecified atom stereocenters. The first-order valence-corrected chi connectivity index (χ1v) is 11.7. The van der Waals surface area contributed by atoms with Crippen LogP contribution in [0.2, 0.25) is 0 Å². The zero-order valence-corrected chi connectivity index (χ0v) is 21.0. The molecule has 1 aliphatic heterocycles. The molecule has 2 heterocycles. The number of rotatable bonds is 9. The van der Waals surface area contributed by atoms with Crippen molar-refractivity contribution in [3.63, 3.8) is 0 Å². The van der Waals surface area contributed by atoms with Crippen molar-refractivity contribution in [2.24, 2.45) is 0 Å². The standard InChI is InChI=1S/C27H31N3O6/c1-18-20(11-8-12-21(18)19-9-6-5-7-10-19)16-36-27-28-24(32-2)22(25(29-27)33-3)15-30-13-14-35-17-23(30)26(31)34-4/h5-12,23H,13-17H2,1-4H3/t23-/m0/s1. The van der Waals surface area contributed by atoms with Crippen LogP contribution in [0.15, 0.2) is 48.5 Å². The van der Waals surface area contributed by atoms with Crippen molar-refractivity contribution in [3.05, 3.63) is 65.2 Å². The summed E-state index contributed by atoms with van der Waals surface area (Å²) in [6.07, 6.45) is 0. The zero-order chi connectivity index (χ0) is 25.5. The van der Waals surface area contributed by atoms with Crippen LogP contribution in [0.5, 0.6) is 17.8 Å². The number of carbonyl (C=O) groups excluding carboxylic acids is 1. The Labute approximate surface area is 210 Å². The van der Waals surface area contributed by atoms with Gasteiger partial charge in [-0.3, -0.25) is 9.69 Å². The summed E-state index contributed by atoms with van der Waals surface area (Å²) in [5.41, 5.74) is 5.06. The molecule has 0 bridgehead atoms. The number of aromatic nitrogens is 2. The summed E-state index contributed by atoms with van der Waals surface area (Å²) in [4.78, 5) is 23.1. The van der Waals surface area contributed by atoms with Crippen LogP contribution >= 0.6 is 0 Å². The number of esters is 1. The van der Waals surface area contributed by atoms with E-state index in [4.69, 9.17) is 23.7 Å². The number of morpholine rings is 1. The van der Waals surface area contributed by atoms with Gasteiger partial charge in [-0.15, -0.1) is 0 Å². The minimum absolute atomic E-state index is 0.142. The van der Waals surface area contributed by atoms with Gasteiger partial charge in [0.1, 0.15) is 12.6 Å². The Bertz CT molecular complexity index is 1160. The third-order valence-electron chi connectivity index (χ3n) is 6.26. The molecule has 3 aromatic rings. The van der Waals surface area contributed by atoms with E-state index < -0.39 is 6.04 Å². The maximum atomic E-state index is 12.2. The fraction of sp³-hybridized carbons (Fsp3) is 0.370. The molecule has 1 atom stereocenters. The molecule has 0 radical (unpaired) electrons. The normalized spacial score (nSPS) is 15.8. The van der Waals surface area contributed by atoms with Gasteiger partial charge in [0.05, 0.1) is 40.1 Å². The number of hydrogen-bond acceptors (Lipinski definition) is 9. The number of benzene rings is 2. The van der Waals surface area contributed by atoms with E-state index in [-0.39, 0.29) is 25.2 Å². The van der Waals surface area contributed by atoms with Gasteiger partial charge in [-0.05, 0) is 29.2 Å². The molecule has 0 aliphatic carbocycles. The van der Waals surface area contributed by atoms with Crippen LogP contribution in [-0.2, 0) is 27.4 Å². The summed E-state index contributed by atoms with van der Waals surface area (Å²) in [6, 6.07) is 16.0. The highest BCUT2D eigenvalue weighted by atomic mass is 16.5. The first-order chi connectivity index (χ1) is 17.5. The van der Waals surface area contributed by atoms with Gasteiger partial charge in [0.25, 0.3) is 0 Å². The molecular weight excluding hydrogens is 462 g/mol. The zero-order valence-electron chi connectivity index (χ0n) is 21.0. The molecule has 9 heteroatoms. The van der Waals surface area contributed by atoms with Crippen LogP contribution < -0.4 is 14.2 Å². The predicted octanol–water partition coefficient (Wildman–Crippen LogP) is 3.42. The molecule has 9 nitrogen and oxygen atoms in total. The Morgan fingerprint density at radius 2 is 1.75 bits per heavy atom. The lowest BCUT2D eigenvalue weighted by molar-refractivity contribution is -0.153. The van der Waals surface area contributed by atoms with Crippen molar-refractivity contribution >= 4 is 5.97 Å². The van der Waals surface area contributed by atoms with Crippen molar-refractivity contribution in [3.8, 4) is 28.9 Å². The van der Waals surface area contributed by atoms with Gasteiger partial charge in [-0.2, -0.15) is 9.97 Å². The second-order valence-electron chi connectivity index (χ2n) is 8.33. The van der Waals surface area contributed by atoms with Crippen molar-refractivity contribution in [2.45, 2.75) is 26.1 Å². The van der Waals surface area contributed by atoms with E-state index in [1.165, 1.54) is 21.3 Å². The van der Waals surface area contributed by atoms with Crippen LogP contribution in [0, 0.1) is 6.92 Å². The minimum Gasteiger partial charge on any atom is -0.481 e. The highest BCUT2D eigenvalue weighted by Crippen LogP contribution is 2.31. The SMILES string of the molecule is COC(=O)[C@@H]1COCCN1Cc1c(OC)nc(OCc2cccc(-c3ccccc3)c2C)nc1OC. The van der Waals surface area contributed by atoms with Gasteiger partial charge in [0.15, 0.2) is 0 Å². The van der Waals surface area contributed by atoms with Gasteiger partial charge in [-0.25, -0.2) is 0 Å². The summed E-state index contributed by atoms with van der Waals surface area (Å²) >= 11 is 0. The average molecular weight is 494 g/mol. The van der Waals surface area contributed by atoms with E-state index in [0.29, 0.717) is 37.0 Å². The quantitative estimate of drug-likeness (QED) is 0.416. The third kappa shape index (κ3) is 5.58. The number of nitrogens with zero attached hydrogens (tertiary/aromatic N) is 3. The maximum Gasteiger partial charge on any atom is 0.325 e. The third-order valence-corrected chi connectivity index (χ3v) is 6.26. The Hall–Kier alpha value is -3.69. The highest BCUT2D eigenvalue weighted by molar-refractivity contribution is 5.76. The van der Waals surface area contributed by atoms with Crippen molar-refractivity contribution in [1.82, 2.24) is 14.9 Å². The average Bonchev–Trinajstić information content (AvgIpc) is 2.93. The molecule has 1 aliphatic rings. The van der Waals surface area contributed by atoms with Crippen LogP contribution in [0.25, 0.3) is 11.1 Å². The molecule has 4 rings (SSSR count). The second kappa shape index (κ2) is 11.8. The summed E-state index contributed by atoms with van der Waals surface area (Å²) in [5, 5.41) is 0. The molecule has 1 fully saturated rings. The van der Waals surface area contributed by atoms with E-state index in [0.717, 1.165) is 22.3 Å². The summed E-state index contributed by atoms with van der Waals surface area (Å²) < 4.78 is 27.5. The highest BCUT2D eigenvalue weighted by Gasteiger charge is 2.32. The first-order valence-electron chi connectivity index (χ1n) is 11.7.